The van der Waals surface area contributed by atoms with Gasteiger partial charge in [-0.15, -0.1) is 11.6 Å². The molecule has 3 nitrogen and oxygen atoms in total. The van der Waals surface area contributed by atoms with Crippen molar-refractivity contribution < 1.29 is 8.42 Å². The zero-order valence-corrected chi connectivity index (χ0v) is 13.0. The van der Waals surface area contributed by atoms with Gasteiger partial charge in [0.15, 0.2) is 0 Å². The maximum atomic E-state index is 11.9. The van der Waals surface area contributed by atoms with Crippen LogP contribution in [0.25, 0.3) is 0 Å². The molecule has 0 saturated carbocycles. The second kappa shape index (κ2) is 6.38. The topological polar surface area (TPSA) is 46.2 Å². The van der Waals surface area contributed by atoms with Crippen LogP contribution in [0.2, 0.25) is 5.02 Å². The number of hydrogen-bond acceptors (Lipinski definition) is 2. The van der Waals surface area contributed by atoms with Crippen molar-refractivity contribution in [3.8, 4) is 0 Å². The van der Waals surface area contributed by atoms with Crippen LogP contribution in [0.5, 0.6) is 0 Å². The van der Waals surface area contributed by atoms with Gasteiger partial charge in [0.2, 0.25) is 10.0 Å². The number of hydrogen-bond donors (Lipinski definition) is 1. The predicted molar refractivity (Wildman–Crippen MR) is 74.3 cm³/mol. The zero-order valence-electron chi connectivity index (χ0n) is 9.08. The van der Waals surface area contributed by atoms with E-state index in [0.29, 0.717) is 15.9 Å². The van der Waals surface area contributed by atoms with Crippen LogP contribution in [0.3, 0.4) is 0 Å². The third-order valence-corrected chi connectivity index (χ3v) is 5.24. The van der Waals surface area contributed by atoms with Gasteiger partial charge in [0.25, 0.3) is 0 Å². The smallest absolute Gasteiger partial charge is 0.210 e. The van der Waals surface area contributed by atoms with Crippen LogP contribution >= 0.6 is 39.1 Å². The second-order valence-corrected chi connectivity index (χ2v) is 7.08. The van der Waals surface area contributed by atoms with E-state index in [9.17, 15) is 8.42 Å². The van der Waals surface area contributed by atoms with Gasteiger partial charge in [0, 0.05) is 16.4 Å². The lowest BCUT2D eigenvalue weighted by molar-refractivity contribution is 0.579. The highest BCUT2D eigenvalue weighted by atomic mass is 79.9. The second-order valence-electron chi connectivity index (χ2n) is 3.43. The molecule has 1 aromatic carbocycles. The minimum atomic E-state index is -3.53. The Hall–Kier alpha value is 0.190. The first kappa shape index (κ1) is 15.2. The van der Waals surface area contributed by atoms with Crippen LogP contribution in [0.1, 0.15) is 13.3 Å². The molecular weight excluding hydrogens is 349 g/mol. The predicted octanol–water partition coefficient (Wildman–Crippen LogP) is 3.40. The Kier molecular flexibility index (Phi) is 5.73. The molecule has 0 aliphatic heterocycles. The maximum absolute atomic E-state index is 11.9. The number of benzene rings is 1. The maximum Gasteiger partial charge on any atom is 0.240 e. The third kappa shape index (κ3) is 4.41. The summed E-state index contributed by atoms with van der Waals surface area (Å²) in [6.07, 6.45) is 0.703. The van der Waals surface area contributed by atoms with E-state index in [4.69, 9.17) is 23.2 Å². The van der Waals surface area contributed by atoms with Gasteiger partial charge in [0.05, 0.1) is 9.92 Å². The van der Waals surface area contributed by atoms with E-state index in [1.165, 1.54) is 18.2 Å². The molecule has 0 saturated heterocycles. The Bertz CT molecular complexity index is 493. The van der Waals surface area contributed by atoms with Crippen molar-refractivity contribution in [2.75, 3.05) is 6.54 Å². The third-order valence-electron chi connectivity index (χ3n) is 2.14. The average Bonchev–Trinajstić information content (AvgIpc) is 2.29. The van der Waals surface area contributed by atoms with Crippen LogP contribution in [0, 0.1) is 0 Å². The highest BCUT2D eigenvalue weighted by molar-refractivity contribution is 9.10. The molecule has 7 heteroatoms. The van der Waals surface area contributed by atoms with Gasteiger partial charge in [-0.1, -0.05) is 18.5 Å². The number of rotatable bonds is 5. The summed E-state index contributed by atoms with van der Waals surface area (Å²) in [6.45, 7) is 2.10. The van der Waals surface area contributed by atoms with Crippen molar-refractivity contribution in [3.63, 3.8) is 0 Å². The standard InChI is InChI=1S/C10H12BrCl2NO2S/c1-2-7(12)6-14-17(15,16)8-3-4-10(13)9(11)5-8/h3-5,7,14H,2,6H2,1H3. The largest absolute Gasteiger partial charge is 0.240 e. The van der Waals surface area contributed by atoms with E-state index < -0.39 is 10.0 Å². The van der Waals surface area contributed by atoms with Gasteiger partial charge in [0.1, 0.15) is 0 Å². The average molecular weight is 361 g/mol. The van der Waals surface area contributed by atoms with Crippen molar-refractivity contribution in [3.05, 3.63) is 27.7 Å². The number of nitrogens with one attached hydrogen (secondary N) is 1. The number of sulfonamides is 1. The molecule has 0 amide bonds. The van der Waals surface area contributed by atoms with Crippen molar-refractivity contribution in [2.24, 2.45) is 0 Å². The van der Waals surface area contributed by atoms with Crippen molar-refractivity contribution in [1.29, 1.82) is 0 Å². The first-order chi connectivity index (χ1) is 7.86. The molecule has 0 aliphatic rings. The minimum Gasteiger partial charge on any atom is -0.210 e. The Labute approximate surface area is 120 Å². The summed E-state index contributed by atoms with van der Waals surface area (Å²) in [7, 11) is -3.53. The molecule has 1 unspecified atom stereocenters. The Morgan fingerprint density at radius 3 is 2.65 bits per heavy atom. The summed E-state index contributed by atoms with van der Waals surface area (Å²) in [4.78, 5) is 0.161. The molecule has 0 aliphatic carbocycles. The fourth-order valence-corrected chi connectivity index (χ4v) is 3.00. The van der Waals surface area contributed by atoms with Crippen LogP contribution in [0.15, 0.2) is 27.6 Å². The van der Waals surface area contributed by atoms with E-state index in [0.717, 1.165) is 0 Å². The zero-order chi connectivity index (χ0) is 13.1. The molecule has 0 aromatic heterocycles. The molecule has 0 radical (unpaired) electrons. The molecule has 0 spiro atoms. The van der Waals surface area contributed by atoms with E-state index in [2.05, 4.69) is 20.7 Å². The summed E-state index contributed by atoms with van der Waals surface area (Å²) >= 11 is 14.8. The number of alkyl halides is 1. The van der Waals surface area contributed by atoms with Gasteiger partial charge < -0.3 is 0 Å². The summed E-state index contributed by atoms with van der Waals surface area (Å²) in [5.41, 5.74) is 0. The van der Waals surface area contributed by atoms with Gasteiger partial charge in [-0.05, 0) is 40.5 Å². The molecule has 1 rings (SSSR count). The van der Waals surface area contributed by atoms with Crippen molar-refractivity contribution in [2.45, 2.75) is 23.6 Å². The monoisotopic (exact) mass is 359 g/mol. The lowest BCUT2D eigenvalue weighted by Crippen LogP contribution is -2.29. The molecule has 1 atom stereocenters. The summed E-state index contributed by atoms with van der Waals surface area (Å²) < 4.78 is 26.8. The van der Waals surface area contributed by atoms with Crippen molar-refractivity contribution >= 4 is 49.2 Å². The molecule has 17 heavy (non-hydrogen) atoms. The Balaban J connectivity index is 2.86. The lowest BCUT2D eigenvalue weighted by Gasteiger charge is -2.10. The molecule has 1 N–H and O–H groups in total. The lowest BCUT2D eigenvalue weighted by atomic mass is 10.3. The van der Waals surface area contributed by atoms with Crippen LogP contribution in [-0.2, 0) is 10.0 Å². The van der Waals surface area contributed by atoms with Crippen LogP contribution < -0.4 is 4.72 Å². The van der Waals surface area contributed by atoms with E-state index in [-0.39, 0.29) is 16.8 Å². The number of halogens is 3. The minimum absolute atomic E-state index is 0.161. The molecule has 0 bridgehead atoms. The summed E-state index contributed by atoms with van der Waals surface area (Å²) in [6, 6.07) is 4.43. The summed E-state index contributed by atoms with van der Waals surface area (Å²) in [5, 5.41) is 0.258. The quantitative estimate of drug-likeness (QED) is 0.818. The van der Waals surface area contributed by atoms with Gasteiger partial charge in [-0.3, -0.25) is 0 Å². The van der Waals surface area contributed by atoms with E-state index >= 15 is 0 Å². The fourth-order valence-electron chi connectivity index (χ4n) is 1.07. The van der Waals surface area contributed by atoms with Gasteiger partial charge in [-0.25, -0.2) is 13.1 Å². The molecule has 0 fully saturated rings. The summed E-state index contributed by atoms with van der Waals surface area (Å²) in [5.74, 6) is 0. The normalized spacial score (nSPS) is 13.6. The first-order valence-corrected chi connectivity index (χ1v) is 8.04. The first-order valence-electron chi connectivity index (χ1n) is 4.95. The Morgan fingerprint density at radius 2 is 2.12 bits per heavy atom. The van der Waals surface area contributed by atoms with Crippen LogP contribution in [-0.4, -0.2) is 20.3 Å². The molecule has 0 heterocycles. The molecule has 96 valence electrons. The van der Waals surface area contributed by atoms with E-state index in [1.54, 1.807) is 0 Å². The Morgan fingerprint density at radius 1 is 1.47 bits per heavy atom. The van der Waals surface area contributed by atoms with Gasteiger partial charge in [-0.2, -0.15) is 0 Å². The van der Waals surface area contributed by atoms with Gasteiger partial charge >= 0.3 is 0 Å². The highest BCUT2D eigenvalue weighted by Gasteiger charge is 2.16. The SMILES string of the molecule is CCC(Cl)CNS(=O)(=O)c1ccc(Cl)c(Br)c1. The molecule has 1 aromatic rings. The van der Waals surface area contributed by atoms with E-state index in [1.807, 2.05) is 6.92 Å². The molecular formula is C10H12BrCl2NO2S. The van der Waals surface area contributed by atoms with Crippen LogP contribution in [0.4, 0.5) is 0 Å². The highest BCUT2D eigenvalue weighted by Crippen LogP contribution is 2.25. The fraction of sp³-hybridized carbons (Fsp3) is 0.400. The van der Waals surface area contributed by atoms with Crippen molar-refractivity contribution in [1.82, 2.24) is 4.72 Å².